The van der Waals surface area contributed by atoms with Crippen molar-refractivity contribution < 1.29 is 34.7 Å². The van der Waals surface area contributed by atoms with Crippen LogP contribution in [0.3, 0.4) is 0 Å². The fourth-order valence-electron chi connectivity index (χ4n) is 1.88. The Morgan fingerprint density at radius 2 is 2.12 bits per heavy atom. The smallest absolute Gasteiger partial charge is 0.306 e. The van der Waals surface area contributed by atoms with E-state index in [1.807, 2.05) is 0 Å². The Morgan fingerprint density at radius 3 is 2.65 bits per heavy atom. The summed E-state index contributed by atoms with van der Waals surface area (Å²) in [4.78, 5) is 11.3. The minimum Gasteiger partial charge on any atom is -0.466 e. The van der Waals surface area contributed by atoms with Gasteiger partial charge in [-0.05, 0) is 6.92 Å². The second kappa shape index (κ2) is 6.27. The van der Waals surface area contributed by atoms with E-state index in [9.17, 15) is 20.1 Å². The lowest BCUT2D eigenvalue weighted by Crippen LogP contribution is -2.38. The number of ether oxygens (including phenoxy) is 2. The third-order valence-corrected chi connectivity index (χ3v) is 2.72. The van der Waals surface area contributed by atoms with E-state index in [0.717, 1.165) is 0 Å². The number of carbonyl (C=O) groups is 1. The number of hydrogen-bond donors (Lipinski definition) is 4. The van der Waals surface area contributed by atoms with Crippen molar-refractivity contribution in [2.24, 2.45) is 5.92 Å². The lowest BCUT2D eigenvalue weighted by Gasteiger charge is -2.22. The molecule has 1 heterocycles. The average molecular weight is 250 g/mol. The monoisotopic (exact) mass is 250 g/mol. The number of aliphatic hydroxyl groups excluding tert-OH is 4. The van der Waals surface area contributed by atoms with Crippen molar-refractivity contribution in [3.63, 3.8) is 0 Å². The Morgan fingerprint density at radius 1 is 1.47 bits per heavy atom. The normalized spacial score (nSPS) is 34.6. The molecule has 0 aromatic heterocycles. The first-order valence-electron chi connectivity index (χ1n) is 5.47. The maximum Gasteiger partial charge on any atom is 0.306 e. The molecule has 1 aliphatic heterocycles. The van der Waals surface area contributed by atoms with E-state index < -0.39 is 43.1 Å². The highest BCUT2D eigenvalue weighted by Crippen LogP contribution is 2.31. The number of hydrogen-bond acceptors (Lipinski definition) is 7. The molecule has 4 N–H and O–H groups in total. The standard InChI is InChI=1S/C10H18O7/c1-2-16-7(13)3-5-8(14)10(15)17-9(5)6(12)4-11/h5-6,8-12,14-15H,2-4H2,1H3/t5-,6+,8+,9+,10-/m0/s1. The van der Waals surface area contributed by atoms with Gasteiger partial charge < -0.3 is 29.9 Å². The summed E-state index contributed by atoms with van der Waals surface area (Å²) in [6.07, 6.45) is -5.20. The average Bonchev–Trinajstić information content (AvgIpc) is 2.57. The van der Waals surface area contributed by atoms with E-state index in [1.165, 1.54) is 0 Å². The first-order chi connectivity index (χ1) is 8.01. The van der Waals surface area contributed by atoms with Gasteiger partial charge in [-0.1, -0.05) is 0 Å². The summed E-state index contributed by atoms with van der Waals surface area (Å²) in [5.41, 5.74) is 0. The van der Waals surface area contributed by atoms with Gasteiger partial charge in [0.25, 0.3) is 0 Å². The van der Waals surface area contributed by atoms with Crippen LogP contribution in [0.1, 0.15) is 13.3 Å². The molecule has 1 aliphatic rings. The molecular weight excluding hydrogens is 232 g/mol. The van der Waals surface area contributed by atoms with Gasteiger partial charge in [-0.15, -0.1) is 0 Å². The van der Waals surface area contributed by atoms with E-state index in [-0.39, 0.29) is 13.0 Å². The summed E-state index contributed by atoms with van der Waals surface area (Å²) in [6.45, 7) is 1.27. The number of rotatable bonds is 5. The molecule has 0 radical (unpaired) electrons. The van der Waals surface area contributed by atoms with Gasteiger partial charge in [-0.25, -0.2) is 0 Å². The van der Waals surface area contributed by atoms with Crippen molar-refractivity contribution >= 4 is 5.97 Å². The number of carbonyl (C=O) groups excluding carboxylic acids is 1. The SMILES string of the molecule is CCOC(=O)C[C@H]1[C@@H](O)[C@@H](O)O[C@H]1[C@H](O)CO. The quantitative estimate of drug-likeness (QED) is 0.416. The van der Waals surface area contributed by atoms with Crippen LogP contribution in [0.4, 0.5) is 0 Å². The van der Waals surface area contributed by atoms with Crippen LogP contribution in [0.5, 0.6) is 0 Å². The molecule has 1 saturated heterocycles. The van der Waals surface area contributed by atoms with E-state index in [4.69, 9.17) is 14.6 Å². The van der Waals surface area contributed by atoms with Crippen molar-refractivity contribution in [2.45, 2.75) is 37.9 Å². The van der Waals surface area contributed by atoms with Crippen LogP contribution in [-0.4, -0.2) is 64.2 Å². The highest BCUT2D eigenvalue weighted by molar-refractivity contribution is 5.69. The van der Waals surface area contributed by atoms with Crippen molar-refractivity contribution in [3.05, 3.63) is 0 Å². The van der Waals surface area contributed by atoms with Gasteiger partial charge in [-0.2, -0.15) is 0 Å². The van der Waals surface area contributed by atoms with Crippen LogP contribution in [0, 0.1) is 5.92 Å². The maximum absolute atomic E-state index is 11.3. The van der Waals surface area contributed by atoms with Gasteiger partial charge in [0.05, 0.1) is 25.7 Å². The topological polar surface area (TPSA) is 116 Å². The zero-order valence-corrected chi connectivity index (χ0v) is 9.52. The molecule has 0 unspecified atom stereocenters. The number of esters is 1. The van der Waals surface area contributed by atoms with Crippen molar-refractivity contribution in [3.8, 4) is 0 Å². The second-order valence-corrected chi connectivity index (χ2v) is 3.90. The van der Waals surface area contributed by atoms with Crippen LogP contribution in [0.15, 0.2) is 0 Å². The summed E-state index contributed by atoms with van der Waals surface area (Å²) in [5, 5.41) is 37.2. The third kappa shape index (κ3) is 3.36. The zero-order chi connectivity index (χ0) is 13.0. The first kappa shape index (κ1) is 14.3. The predicted octanol–water partition coefficient (Wildman–Crippen LogP) is -2.01. The summed E-state index contributed by atoms with van der Waals surface area (Å²) in [5.74, 6) is -1.35. The minimum atomic E-state index is -1.47. The molecule has 1 fully saturated rings. The number of aliphatic hydroxyl groups is 4. The molecule has 0 aromatic carbocycles. The molecule has 5 atom stereocenters. The summed E-state index contributed by atoms with van der Waals surface area (Å²) in [7, 11) is 0. The van der Waals surface area contributed by atoms with Crippen LogP contribution in [0.25, 0.3) is 0 Å². The molecule has 0 amide bonds. The molecule has 0 aliphatic carbocycles. The van der Waals surface area contributed by atoms with Gasteiger partial charge in [0.2, 0.25) is 0 Å². The molecule has 0 bridgehead atoms. The molecule has 100 valence electrons. The Balaban J connectivity index is 2.66. The van der Waals surface area contributed by atoms with Gasteiger partial charge in [-0.3, -0.25) is 4.79 Å². The van der Waals surface area contributed by atoms with E-state index in [0.29, 0.717) is 0 Å². The first-order valence-corrected chi connectivity index (χ1v) is 5.47. The predicted molar refractivity (Wildman–Crippen MR) is 54.7 cm³/mol. The van der Waals surface area contributed by atoms with Crippen LogP contribution < -0.4 is 0 Å². The van der Waals surface area contributed by atoms with E-state index >= 15 is 0 Å². The molecule has 7 nitrogen and oxygen atoms in total. The van der Waals surface area contributed by atoms with Gasteiger partial charge in [0, 0.05) is 5.92 Å². The highest BCUT2D eigenvalue weighted by atomic mass is 16.6. The molecule has 0 spiro atoms. The molecule has 1 rings (SSSR count). The molecule has 0 aromatic rings. The largest absolute Gasteiger partial charge is 0.466 e. The van der Waals surface area contributed by atoms with Gasteiger partial charge in [0.15, 0.2) is 6.29 Å². The van der Waals surface area contributed by atoms with Crippen molar-refractivity contribution in [1.29, 1.82) is 0 Å². The Hall–Kier alpha value is -0.730. The van der Waals surface area contributed by atoms with Gasteiger partial charge >= 0.3 is 5.97 Å². The fraction of sp³-hybridized carbons (Fsp3) is 0.900. The molecule has 7 heteroatoms. The summed E-state index contributed by atoms with van der Waals surface area (Å²) >= 11 is 0. The fourth-order valence-corrected chi connectivity index (χ4v) is 1.88. The lowest BCUT2D eigenvalue weighted by molar-refractivity contribution is -0.151. The second-order valence-electron chi connectivity index (χ2n) is 3.90. The Bertz CT molecular complexity index is 257. The van der Waals surface area contributed by atoms with Crippen molar-refractivity contribution in [2.75, 3.05) is 13.2 Å². The molecule has 17 heavy (non-hydrogen) atoms. The Kier molecular flexibility index (Phi) is 5.29. The highest BCUT2D eigenvalue weighted by Gasteiger charge is 2.46. The van der Waals surface area contributed by atoms with Gasteiger partial charge in [0.1, 0.15) is 12.2 Å². The van der Waals surface area contributed by atoms with Crippen molar-refractivity contribution in [1.82, 2.24) is 0 Å². The van der Waals surface area contributed by atoms with Crippen LogP contribution in [0.2, 0.25) is 0 Å². The van der Waals surface area contributed by atoms with E-state index in [1.54, 1.807) is 6.92 Å². The third-order valence-electron chi connectivity index (χ3n) is 2.72. The van der Waals surface area contributed by atoms with E-state index in [2.05, 4.69) is 0 Å². The lowest BCUT2D eigenvalue weighted by atomic mass is 9.92. The molecular formula is C10H18O7. The zero-order valence-electron chi connectivity index (χ0n) is 9.52. The summed E-state index contributed by atoms with van der Waals surface area (Å²) < 4.78 is 9.62. The van der Waals surface area contributed by atoms with Crippen LogP contribution in [-0.2, 0) is 14.3 Å². The minimum absolute atomic E-state index is 0.187. The van der Waals surface area contributed by atoms with Crippen LogP contribution >= 0.6 is 0 Å². The Labute approximate surface area is 98.6 Å². The summed E-state index contributed by atoms with van der Waals surface area (Å²) in [6, 6.07) is 0. The maximum atomic E-state index is 11.3. The molecule has 0 saturated carbocycles.